The molecule has 0 aromatic carbocycles. The highest BCUT2D eigenvalue weighted by Crippen LogP contribution is 2.07. The van der Waals surface area contributed by atoms with Crippen LogP contribution in [0.1, 0.15) is 26.7 Å². The number of rotatable bonds is 4. The molecular formula is C8H14O. The van der Waals surface area contributed by atoms with Crippen LogP contribution >= 0.6 is 0 Å². The highest BCUT2D eigenvalue weighted by molar-refractivity contribution is 5.64. The summed E-state index contributed by atoms with van der Waals surface area (Å²) in [6, 6.07) is 0. The maximum atomic E-state index is 9.85. The molecule has 0 atom stereocenters. The summed E-state index contributed by atoms with van der Waals surface area (Å²) in [7, 11) is 0. The lowest BCUT2D eigenvalue weighted by atomic mass is 10.0. The molecule has 1 nitrogen and oxygen atoms in total. The highest BCUT2D eigenvalue weighted by Gasteiger charge is 1.94. The second-order valence-electron chi connectivity index (χ2n) is 2.10. The maximum Gasteiger partial charge on any atom is 0.142 e. The van der Waals surface area contributed by atoms with Crippen molar-refractivity contribution in [3.8, 4) is 0 Å². The van der Waals surface area contributed by atoms with Crippen molar-refractivity contribution in [3.63, 3.8) is 0 Å². The first-order valence-electron chi connectivity index (χ1n) is 3.47. The molecule has 0 heterocycles. The van der Waals surface area contributed by atoms with E-state index in [1.54, 1.807) is 6.08 Å². The molecule has 0 fully saturated rings. The summed E-state index contributed by atoms with van der Waals surface area (Å²) in [5, 5.41) is 0. The number of hydrogen-bond acceptors (Lipinski definition) is 1. The molecule has 0 saturated carbocycles. The average Bonchev–Trinajstić information content (AvgIpc) is 1.91. The first-order valence-corrected chi connectivity index (χ1v) is 3.47. The van der Waals surface area contributed by atoms with Gasteiger partial charge in [-0.2, -0.15) is 0 Å². The Morgan fingerprint density at radius 1 is 1.33 bits per heavy atom. The molecule has 1 heteroatoms. The first kappa shape index (κ1) is 8.41. The lowest BCUT2D eigenvalue weighted by Crippen LogP contribution is -1.89. The van der Waals surface area contributed by atoms with Gasteiger partial charge in [0, 0.05) is 0 Å². The fraction of sp³-hybridized carbons (Fsp3) is 0.625. The fourth-order valence-electron chi connectivity index (χ4n) is 0.763. The van der Waals surface area contributed by atoms with Gasteiger partial charge in [0.1, 0.15) is 6.29 Å². The van der Waals surface area contributed by atoms with Gasteiger partial charge < -0.3 is 0 Å². The summed E-state index contributed by atoms with van der Waals surface area (Å²) >= 11 is 0. The summed E-state index contributed by atoms with van der Waals surface area (Å²) in [5.74, 6) is 0.593. The van der Waals surface area contributed by atoms with Gasteiger partial charge in [0.05, 0.1) is 0 Å². The highest BCUT2D eigenvalue weighted by atomic mass is 16.1. The molecule has 0 rings (SSSR count). The second-order valence-corrected chi connectivity index (χ2v) is 2.10. The van der Waals surface area contributed by atoms with Crippen LogP contribution in [0.5, 0.6) is 0 Å². The van der Waals surface area contributed by atoms with Crippen LogP contribution in [0.3, 0.4) is 0 Å². The van der Waals surface area contributed by atoms with E-state index in [1.165, 1.54) is 0 Å². The van der Waals surface area contributed by atoms with E-state index in [0.717, 1.165) is 19.1 Å². The van der Waals surface area contributed by atoms with Crippen molar-refractivity contribution < 1.29 is 4.79 Å². The van der Waals surface area contributed by atoms with Crippen LogP contribution in [0.25, 0.3) is 0 Å². The van der Waals surface area contributed by atoms with E-state index in [4.69, 9.17) is 0 Å². The maximum absolute atomic E-state index is 9.85. The van der Waals surface area contributed by atoms with Crippen molar-refractivity contribution in [3.05, 3.63) is 12.2 Å². The van der Waals surface area contributed by atoms with Gasteiger partial charge >= 0.3 is 0 Å². The summed E-state index contributed by atoms with van der Waals surface area (Å²) in [6.45, 7) is 4.26. The zero-order valence-corrected chi connectivity index (χ0v) is 6.13. The third kappa shape index (κ3) is 3.95. The Morgan fingerprint density at radius 2 is 1.89 bits per heavy atom. The van der Waals surface area contributed by atoms with E-state index in [1.807, 2.05) is 6.08 Å². The van der Waals surface area contributed by atoms with Crippen LogP contribution in [0.4, 0.5) is 0 Å². The fourth-order valence-corrected chi connectivity index (χ4v) is 0.763. The molecule has 0 aromatic rings. The minimum atomic E-state index is 0.593. The summed E-state index contributed by atoms with van der Waals surface area (Å²) in [5.41, 5.74) is 0. The minimum absolute atomic E-state index is 0.593. The molecule has 0 bridgehead atoms. The molecule has 0 aliphatic heterocycles. The third-order valence-electron chi connectivity index (χ3n) is 1.51. The van der Waals surface area contributed by atoms with Gasteiger partial charge in [-0.3, -0.25) is 4.79 Å². The third-order valence-corrected chi connectivity index (χ3v) is 1.51. The Labute approximate surface area is 56.8 Å². The van der Waals surface area contributed by atoms with E-state index >= 15 is 0 Å². The normalized spacial score (nSPS) is 11.0. The predicted molar refractivity (Wildman–Crippen MR) is 39.3 cm³/mol. The zero-order valence-electron chi connectivity index (χ0n) is 6.13. The number of aldehydes is 1. The lowest BCUT2D eigenvalue weighted by molar-refractivity contribution is -0.104. The molecule has 0 aliphatic rings. The standard InChI is InChI=1S/C8H14O/c1-3-8(4-2)6-5-7-9/h5-8H,3-4H2,1-2H3. The molecule has 0 aromatic heterocycles. The lowest BCUT2D eigenvalue weighted by Gasteiger charge is -2.02. The predicted octanol–water partition coefficient (Wildman–Crippen LogP) is 2.18. The number of carbonyl (C=O) groups is 1. The van der Waals surface area contributed by atoms with E-state index in [0.29, 0.717) is 5.92 Å². The zero-order chi connectivity index (χ0) is 7.11. The van der Waals surface area contributed by atoms with Gasteiger partial charge in [-0.25, -0.2) is 0 Å². The molecule has 0 aliphatic carbocycles. The Balaban J connectivity index is 3.53. The van der Waals surface area contributed by atoms with Crippen LogP contribution in [0.15, 0.2) is 12.2 Å². The molecule has 0 radical (unpaired) electrons. The molecule has 0 spiro atoms. The van der Waals surface area contributed by atoms with Gasteiger partial charge in [0.2, 0.25) is 0 Å². The van der Waals surface area contributed by atoms with Crippen molar-refractivity contribution in [1.29, 1.82) is 0 Å². The molecule has 9 heavy (non-hydrogen) atoms. The second kappa shape index (κ2) is 5.54. The topological polar surface area (TPSA) is 17.1 Å². The molecule has 0 N–H and O–H groups in total. The number of carbonyl (C=O) groups excluding carboxylic acids is 1. The van der Waals surface area contributed by atoms with Crippen molar-refractivity contribution >= 4 is 6.29 Å². The molecular weight excluding hydrogens is 112 g/mol. The van der Waals surface area contributed by atoms with E-state index in [2.05, 4.69) is 13.8 Å². The summed E-state index contributed by atoms with van der Waals surface area (Å²) in [6.07, 6.45) is 6.63. The van der Waals surface area contributed by atoms with Crippen molar-refractivity contribution in [2.24, 2.45) is 5.92 Å². The summed E-state index contributed by atoms with van der Waals surface area (Å²) < 4.78 is 0. The van der Waals surface area contributed by atoms with Gasteiger partial charge in [0.25, 0.3) is 0 Å². The SMILES string of the molecule is CCC(C=CC=O)CC. The molecule has 0 amide bonds. The van der Waals surface area contributed by atoms with Crippen molar-refractivity contribution in [2.45, 2.75) is 26.7 Å². The van der Waals surface area contributed by atoms with Crippen molar-refractivity contribution in [1.82, 2.24) is 0 Å². The van der Waals surface area contributed by atoms with Gasteiger partial charge in [-0.15, -0.1) is 0 Å². The van der Waals surface area contributed by atoms with Crippen LogP contribution in [0.2, 0.25) is 0 Å². The smallest absolute Gasteiger partial charge is 0.142 e. The summed E-state index contributed by atoms with van der Waals surface area (Å²) in [4.78, 5) is 9.85. The number of allylic oxidation sites excluding steroid dienone is 2. The monoisotopic (exact) mass is 126 g/mol. The van der Waals surface area contributed by atoms with Gasteiger partial charge in [0.15, 0.2) is 0 Å². The van der Waals surface area contributed by atoms with Gasteiger partial charge in [-0.05, 0) is 24.8 Å². The van der Waals surface area contributed by atoms with Crippen LogP contribution in [0, 0.1) is 5.92 Å². The molecule has 52 valence electrons. The van der Waals surface area contributed by atoms with E-state index < -0.39 is 0 Å². The van der Waals surface area contributed by atoms with Crippen LogP contribution in [-0.4, -0.2) is 6.29 Å². The van der Waals surface area contributed by atoms with E-state index in [9.17, 15) is 4.79 Å². The Morgan fingerprint density at radius 3 is 2.22 bits per heavy atom. The quantitative estimate of drug-likeness (QED) is 0.417. The van der Waals surface area contributed by atoms with Crippen LogP contribution in [-0.2, 0) is 4.79 Å². The Bertz CT molecular complexity index is 90.7. The number of hydrogen-bond donors (Lipinski definition) is 0. The minimum Gasteiger partial charge on any atom is -0.299 e. The molecule has 0 unspecified atom stereocenters. The van der Waals surface area contributed by atoms with Crippen LogP contribution < -0.4 is 0 Å². The first-order chi connectivity index (χ1) is 4.35. The largest absolute Gasteiger partial charge is 0.299 e. The molecule has 0 saturated heterocycles. The van der Waals surface area contributed by atoms with E-state index in [-0.39, 0.29) is 0 Å². The average molecular weight is 126 g/mol. The Hall–Kier alpha value is -0.590. The Kier molecular flexibility index (Phi) is 5.18. The van der Waals surface area contributed by atoms with Gasteiger partial charge in [-0.1, -0.05) is 19.9 Å². The van der Waals surface area contributed by atoms with Crippen molar-refractivity contribution in [2.75, 3.05) is 0 Å².